The number of rotatable bonds is 5. The molecule has 1 saturated heterocycles. The summed E-state index contributed by atoms with van der Waals surface area (Å²) in [7, 11) is 2.19. The van der Waals surface area contributed by atoms with Gasteiger partial charge < -0.3 is 10.2 Å². The molecule has 1 fully saturated rings. The predicted molar refractivity (Wildman–Crippen MR) is 94.7 cm³/mol. The first-order valence-corrected chi connectivity index (χ1v) is 8.16. The van der Waals surface area contributed by atoms with E-state index in [1.165, 1.54) is 38.8 Å². The minimum Gasteiger partial charge on any atom is -0.481 e. The van der Waals surface area contributed by atoms with Crippen LogP contribution in [0.15, 0.2) is 24.5 Å². The summed E-state index contributed by atoms with van der Waals surface area (Å²) >= 11 is 0. The van der Waals surface area contributed by atoms with Crippen molar-refractivity contribution in [3.05, 3.63) is 30.1 Å². The zero-order chi connectivity index (χ0) is 20.1. The summed E-state index contributed by atoms with van der Waals surface area (Å²) in [5.41, 5.74) is 1.36. The monoisotopic (exact) mass is 366 g/mol. The lowest BCUT2D eigenvalue weighted by molar-refractivity contribution is -0.141. The highest BCUT2D eigenvalue weighted by molar-refractivity contribution is 5.93. The van der Waals surface area contributed by atoms with Crippen LogP contribution >= 0.6 is 0 Å². The van der Waals surface area contributed by atoms with E-state index < -0.39 is 11.9 Å². The van der Waals surface area contributed by atoms with Crippen LogP contribution in [0.5, 0.6) is 0 Å². The van der Waals surface area contributed by atoms with Gasteiger partial charge in [-0.05, 0) is 51.9 Å². The Bertz CT molecular complexity index is 553. The number of hydrogen-bond acceptors (Lipinski definition) is 6. The second-order valence-electron chi connectivity index (χ2n) is 5.97. The molecule has 0 aliphatic carbocycles. The maximum Gasteiger partial charge on any atom is 0.310 e. The molecule has 8 nitrogen and oxygen atoms in total. The van der Waals surface area contributed by atoms with E-state index in [-0.39, 0.29) is 24.4 Å². The Kier molecular flexibility index (Phi) is 11.4. The van der Waals surface area contributed by atoms with Crippen molar-refractivity contribution in [2.24, 2.45) is 0 Å². The van der Waals surface area contributed by atoms with E-state index in [0.717, 1.165) is 0 Å². The van der Waals surface area contributed by atoms with Crippen LogP contribution < -0.4 is 0 Å². The van der Waals surface area contributed by atoms with Gasteiger partial charge in [0.2, 0.25) is 0 Å². The van der Waals surface area contributed by atoms with E-state index in [1.54, 1.807) is 0 Å². The van der Waals surface area contributed by atoms with Crippen molar-refractivity contribution in [1.29, 1.82) is 0 Å². The first-order valence-electron chi connectivity index (χ1n) is 8.16. The maximum atomic E-state index is 9.87. The largest absolute Gasteiger partial charge is 0.481 e. The molecule has 0 aromatic carbocycles. The molecule has 0 bridgehead atoms. The normalized spacial score (nSPS) is 15.7. The van der Waals surface area contributed by atoms with Crippen LogP contribution in [0.4, 0.5) is 0 Å². The molecule has 8 heteroatoms. The molecule has 0 amide bonds. The molecule has 1 unspecified atom stereocenters. The summed E-state index contributed by atoms with van der Waals surface area (Å²) in [6, 6.07) is 4.79. The molecular formula is C18H26N2O6. The maximum absolute atomic E-state index is 9.87. The van der Waals surface area contributed by atoms with Crippen LogP contribution in [0.2, 0.25) is 0 Å². The quantitative estimate of drug-likeness (QED) is 0.758. The number of ketones is 2. The number of carboxylic acid groups (broad SMARTS) is 2. The summed E-state index contributed by atoms with van der Waals surface area (Å²) in [4.78, 5) is 45.5. The van der Waals surface area contributed by atoms with E-state index >= 15 is 0 Å². The van der Waals surface area contributed by atoms with Gasteiger partial charge in [0.1, 0.15) is 24.4 Å². The van der Waals surface area contributed by atoms with Gasteiger partial charge in [-0.2, -0.15) is 0 Å². The van der Waals surface area contributed by atoms with Crippen molar-refractivity contribution < 1.29 is 29.4 Å². The Morgan fingerprint density at radius 1 is 1.12 bits per heavy atom. The van der Waals surface area contributed by atoms with Crippen molar-refractivity contribution in [3.63, 3.8) is 0 Å². The molecule has 1 aromatic heterocycles. The van der Waals surface area contributed by atoms with Gasteiger partial charge in [0, 0.05) is 18.4 Å². The van der Waals surface area contributed by atoms with Gasteiger partial charge in [-0.15, -0.1) is 0 Å². The third-order valence-corrected chi connectivity index (χ3v) is 3.39. The van der Waals surface area contributed by atoms with E-state index in [2.05, 4.69) is 23.0 Å². The topological polar surface area (TPSA) is 125 Å². The highest BCUT2D eigenvalue weighted by atomic mass is 16.4. The molecule has 0 saturated carbocycles. The van der Waals surface area contributed by atoms with Crippen molar-refractivity contribution in [2.75, 3.05) is 13.6 Å². The van der Waals surface area contributed by atoms with Crippen molar-refractivity contribution in [2.45, 2.75) is 45.6 Å². The van der Waals surface area contributed by atoms with Crippen LogP contribution in [0.3, 0.4) is 0 Å². The van der Waals surface area contributed by atoms with Gasteiger partial charge in [0.05, 0.1) is 0 Å². The molecule has 1 aliphatic heterocycles. The number of aromatic nitrogens is 1. The zero-order valence-corrected chi connectivity index (χ0v) is 15.3. The van der Waals surface area contributed by atoms with Gasteiger partial charge in [0.25, 0.3) is 0 Å². The fourth-order valence-electron chi connectivity index (χ4n) is 2.33. The second kappa shape index (κ2) is 12.7. The SMILES string of the molecule is CC(=O)CC(=O)O.CC(=O)CC(=O)O.CN1CCCC1c1cccnc1. The lowest BCUT2D eigenvalue weighted by atomic mass is 10.1. The number of hydrogen-bond donors (Lipinski definition) is 2. The van der Waals surface area contributed by atoms with Crippen molar-refractivity contribution in [3.8, 4) is 0 Å². The fraction of sp³-hybridized carbons (Fsp3) is 0.500. The van der Waals surface area contributed by atoms with E-state index in [0.29, 0.717) is 6.04 Å². The second-order valence-corrected chi connectivity index (χ2v) is 5.97. The van der Waals surface area contributed by atoms with E-state index in [9.17, 15) is 19.2 Å². The zero-order valence-electron chi connectivity index (χ0n) is 15.3. The van der Waals surface area contributed by atoms with Gasteiger partial charge in [-0.3, -0.25) is 29.1 Å². The lowest BCUT2D eigenvalue weighted by Crippen LogP contribution is -2.17. The van der Waals surface area contributed by atoms with Gasteiger partial charge >= 0.3 is 11.9 Å². The standard InChI is InChI=1S/C10H14N2.2C4H6O3/c1-12-7-3-5-10(12)9-4-2-6-11-8-9;2*1-3(5)2-4(6)7/h2,4,6,8,10H,3,5,7H2,1H3;2*2H2,1H3,(H,6,7). The highest BCUT2D eigenvalue weighted by Crippen LogP contribution is 2.29. The highest BCUT2D eigenvalue weighted by Gasteiger charge is 2.21. The number of carbonyl (C=O) groups excluding carboxylic acids is 2. The molecule has 1 aliphatic rings. The Morgan fingerprint density at radius 3 is 1.92 bits per heavy atom. The molecule has 1 atom stereocenters. The number of likely N-dealkylation sites (tertiary alicyclic amines) is 1. The average molecular weight is 366 g/mol. The summed E-state index contributed by atoms with van der Waals surface area (Å²) in [6.45, 7) is 3.71. The van der Waals surface area contributed by atoms with Crippen LogP contribution in [0.25, 0.3) is 0 Å². The van der Waals surface area contributed by atoms with Crippen LogP contribution in [0, 0.1) is 0 Å². The Balaban J connectivity index is 0.000000390. The summed E-state index contributed by atoms with van der Waals surface area (Å²) < 4.78 is 0. The fourth-order valence-corrected chi connectivity index (χ4v) is 2.33. The summed E-state index contributed by atoms with van der Waals surface area (Å²) in [5, 5.41) is 15.7. The lowest BCUT2D eigenvalue weighted by Gasteiger charge is -2.18. The third kappa shape index (κ3) is 11.9. The number of nitrogens with zero attached hydrogens (tertiary/aromatic N) is 2. The van der Waals surface area contributed by atoms with Crippen molar-refractivity contribution in [1.82, 2.24) is 9.88 Å². The van der Waals surface area contributed by atoms with Gasteiger partial charge in [-0.1, -0.05) is 6.07 Å². The first-order chi connectivity index (χ1) is 12.1. The first kappa shape index (κ1) is 23.4. The van der Waals surface area contributed by atoms with Gasteiger partial charge in [-0.25, -0.2) is 0 Å². The molecular weight excluding hydrogens is 340 g/mol. The minimum absolute atomic E-state index is 0.312. The van der Waals surface area contributed by atoms with E-state index in [4.69, 9.17) is 10.2 Å². The van der Waals surface area contributed by atoms with Crippen LogP contribution in [-0.4, -0.2) is 57.2 Å². The molecule has 2 heterocycles. The molecule has 1 aromatic rings. The van der Waals surface area contributed by atoms with Crippen LogP contribution in [-0.2, 0) is 19.2 Å². The number of Topliss-reactive ketones (excluding diaryl/α,β-unsaturated/α-hetero) is 2. The molecule has 0 radical (unpaired) electrons. The molecule has 26 heavy (non-hydrogen) atoms. The summed E-state index contributed by atoms with van der Waals surface area (Å²) in [5.74, 6) is -2.75. The smallest absolute Gasteiger partial charge is 0.310 e. The summed E-state index contributed by atoms with van der Waals surface area (Å²) in [6.07, 6.45) is 5.68. The molecule has 2 N–H and O–H groups in total. The Morgan fingerprint density at radius 2 is 1.65 bits per heavy atom. The van der Waals surface area contributed by atoms with Crippen LogP contribution in [0.1, 0.15) is 51.1 Å². The van der Waals surface area contributed by atoms with Gasteiger partial charge in [0.15, 0.2) is 0 Å². The third-order valence-electron chi connectivity index (χ3n) is 3.39. The van der Waals surface area contributed by atoms with Crippen molar-refractivity contribution >= 4 is 23.5 Å². The molecule has 2 rings (SSSR count). The van der Waals surface area contributed by atoms with E-state index in [1.807, 2.05) is 18.5 Å². The number of pyridine rings is 1. The number of carboxylic acids is 2. The number of carbonyl (C=O) groups is 4. The molecule has 0 spiro atoms. The molecule has 144 valence electrons. The predicted octanol–water partition coefficient (Wildman–Crippen LogP) is 1.95. The Hall–Kier alpha value is -2.61. The Labute approximate surface area is 152 Å². The average Bonchev–Trinajstić information content (AvgIpc) is 2.92. The minimum atomic E-state index is -1.06. The number of aliphatic carboxylic acids is 2.